The summed E-state index contributed by atoms with van der Waals surface area (Å²) in [6, 6.07) is 9.59. The predicted molar refractivity (Wildman–Crippen MR) is 131 cm³/mol. The maximum Gasteiger partial charge on any atom is 0.291 e. The number of nitrogens with zero attached hydrogens (tertiary/aromatic N) is 1. The van der Waals surface area contributed by atoms with E-state index in [9.17, 15) is 14.4 Å². The molecule has 2 aromatic rings. The lowest BCUT2D eigenvalue weighted by atomic mass is 9.85. The van der Waals surface area contributed by atoms with E-state index in [2.05, 4.69) is 0 Å². The monoisotopic (exact) mass is 497 g/mol. The van der Waals surface area contributed by atoms with E-state index in [1.54, 1.807) is 55.3 Å². The van der Waals surface area contributed by atoms with Crippen molar-refractivity contribution in [3.63, 3.8) is 0 Å². The van der Waals surface area contributed by atoms with Crippen molar-refractivity contribution in [1.82, 2.24) is 4.90 Å². The highest BCUT2D eigenvalue weighted by Gasteiger charge is 2.52. The Balaban J connectivity index is 1.73. The van der Waals surface area contributed by atoms with E-state index in [1.165, 1.54) is 19.1 Å². The van der Waals surface area contributed by atoms with Gasteiger partial charge in [0.05, 0.1) is 53.7 Å². The second-order valence-electron chi connectivity index (χ2n) is 9.06. The van der Waals surface area contributed by atoms with Gasteiger partial charge in [-0.3, -0.25) is 14.4 Å². The number of hydrogen-bond donors (Lipinski definition) is 1. The molecule has 4 rings (SSSR count). The van der Waals surface area contributed by atoms with Crippen molar-refractivity contribution in [2.24, 2.45) is 5.92 Å². The van der Waals surface area contributed by atoms with Crippen LogP contribution in [-0.2, 0) is 14.3 Å². The number of methoxy groups -OCH3 is 3. The van der Waals surface area contributed by atoms with Crippen LogP contribution in [0.3, 0.4) is 0 Å². The summed E-state index contributed by atoms with van der Waals surface area (Å²) in [5, 5.41) is 0. The average molecular weight is 498 g/mol. The summed E-state index contributed by atoms with van der Waals surface area (Å²) in [4.78, 5) is 43.3. The quantitative estimate of drug-likeness (QED) is 0.312. The maximum atomic E-state index is 13.8. The van der Waals surface area contributed by atoms with Crippen molar-refractivity contribution in [2.75, 3.05) is 60.7 Å². The first kappa shape index (κ1) is 25.7. The van der Waals surface area contributed by atoms with Crippen LogP contribution in [0, 0.1) is 12.8 Å². The third-order valence-corrected chi connectivity index (χ3v) is 7.04. The molecule has 0 saturated carbocycles. The zero-order valence-corrected chi connectivity index (χ0v) is 21.2. The van der Waals surface area contributed by atoms with Crippen LogP contribution in [0.2, 0.25) is 0 Å². The zero-order chi connectivity index (χ0) is 25.8. The van der Waals surface area contributed by atoms with E-state index < -0.39 is 23.7 Å². The number of ether oxygens (including phenoxy) is 4. The smallest absolute Gasteiger partial charge is 0.291 e. The van der Waals surface area contributed by atoms with Gasteiger partial charge in [-0.1, -0.05) is 6.07 Å². The van der Waals surface area contributed by atoms with E-state index in [-0.39, 0.29) is 5.78 Å². The van der Waals surface area contributed by atoms with Crippen LogP contribution in [0.5, 0.6) is 17.2 Å². The Bertz CT molecular complexity index is 1140. The number of nitrogens with one attached hydrogen (secondary N) is 1. The van der Waals surface area contributed by atoms with Gasteiger partial charge in [0, 0.05) is 5.56 Å². The Morgan fingerprint density at radius 3 is 2.36 bits per heavy atom. The molecule has 2 aliphatic heterocycles. The molecule has 2 aromatic carbocycles. The lowest BCUT2D eigenvalue weighted by molar-refractivity contribution is -0.907. The van der Waals surface area contributed by atoms with Gasteiger partial charge < -0.3 is 28.7 Å². The lowest BCUT2D eigenvalue weighted by Gasteiger charge is -2.30. The summed E-state index contributed by atoms with van der Waals surface area (Å²) in [5.74, 6) is -1.26. The second kappa shape index (κ2) is 11.1. The zero-order valence-electron chi connectivity index (χ0n) is 21.2. The molecule has 2 atom stereocenters. The molecule has 0 aromatic heterocycles. The minimum atomic E-state index is -1.16. The minimum Gasteiger partial charge on any atom is -0.497 e. The standard InChI is InChI=1S/C27H32N2O7/c1-17-15-19(33-2)6-7-20(17)25(30)23-24(18-5-8-21(34-3)22(16-18)35-4)29(27(32)26(23)31)10-9-28-11-13-36-14-12-28/h5-8,15-16,23-24H,9-14H2,1-4H3/p+1. The van der Waals surface area contributed by atoms with Gasteiger partial charge in [0.1, 0.15) is 24.8 Å². The molecule has 192 valence electrons. The second-order valence-corrected chi connectivity index (χ2v) is 9.06. The maximum absolute atomic E-state index is 13.8. The number of benzene rings is 2. The fraction of sp³-hybridized carbons (Fsp3) is 0.444. The summed E-state index contributed by atoms with van der Waals surface area (Å²) in [6.07, 6.45) is 0. The number of likely N-dealkylation sites (tertiary alicyclic amines) is 1. The molecule has 2 fully saturated rings. The van der Waals surface area contributed by atoms with Crippen molar-refractivity contribution in [1.29, 1.82) is 0 Å². The van der Waals surface area contributed by atoms with Crippen LogP contribution in [0.4, 0.5) is 0 Å². The molecule has 0 radical (unpaired) electrons. The molecular formula is C27H33N2O7+. The molecule has 1 N–H and O–H groups in total. The predicted octanol–water partition coefficient (Wildman–Crippen LogP) is 0.887. The van der Waals surface area contributed by atoms with Crippen molar-refractivity contribution in [3.8, 4) is 17.2 Å². The third-order valence-electron chi connectivity index (χ3n) is 7.04. The highest BCUT2D eigenvalue weighted by Crippen LogP contribution is 2.41. The summed E-state index contributed by atoms with van der Waals surface area (Å²) in [6.45, 7) is 5.81. The molecule has 36 heavy (non-hydrogen) atoms. The SMILES string of the molecule is COc1ccc(C(=O)C2C(=O)C(=O)N(CC[NH+]3CCOCC3)C2c2ccc(OC)c(OC)c2)c(C)c1. The van der Waals surface area contributed by atoms with Gasteiger partial charge in [-0.2, -0.15) is 0 Å². The largest absolute Gasteiger partial charge is 0.497 e. The van der Waals surface area contributed by atoms with Crippen molar-refractivity contribution < 1.29 is 38.2 Å². The van der Waals surface area contributed by atoms with Gasteiger partial charge in [-0.15, -0.1) is 0 Å². The number of quaternary nitrogens is 1. The molecular weight excluding hydrogens is 464 g/mol. The average Bonchev–Trinajstić information content (AvgIpc) is 3.16. The van der Waals surface area contributed by atoms with Crippen LogP contribution >= 0.6 is 0 Å². The third kappa shape index (κ3) is 4.94. The Kier molecular flexibility index (Phi) is 7.91. The number of Topliss-reactive ketones (excluding diaryl/α,β-unsaturated/α-hetero) is 2. The number of rotatable bonds is 9. The van der Waals surface area contributed by atoms with Crippen molar-refractivity contribution >= 4 is 17.5 Å². The lowest BCUT2D eigenvalue weighted by Crippen LogP contribution is -3.14. The normalized spacial score (nSPS) is 20.5. The number of morpholine rings is 1. The van der Waals surface area contributed by atoms with E-state index in [0.29, 0.717) is 60.2 Å². The highest BCUT2D eigenvalue weighted by molar-refractivity contribution is 6.44. The number of hydrogen-bond acceptors (Lipinski definition) is 7. The van der Waals surface area contributed by atoms with Gasteiger partial charge in [0.2, 0.25) is 5.78 Å². The summed E-state index contributed by atoms with van der Waals surface area (Å²) < 4.78 is 21.5. The molecule has 2 saturated heterocycles. The summed E-state index contributed by atoms with van der Waals surface area (Å²) in [5.41, 5.74) is 1.73. The van der Waals surface area contributed by atoms with E-state index in [1.807, 2.05) is 0 Å². The van der Waals surface area contributed by atoms with Gasteiger partial charge in [-0.05, 0) is 48.4 Å². The Labute approximate surface area is 210 Å². The first-order valence-electron chi connectivity index (χ1n) is 12.1. The summed E-state index contributed by atoms with van der Waals surface area (Å²) in [7, 11) is 4.61. The molecule has 0 bridgehead atoms. The first-order chi connectivity index (χ1) is 17.4. The molecule has 9 heteroatoms. The van der Waals surface area contributed by atoms with E-state index in [0.717, 1.165) is 13.1 Å². The first-order valence-corrected chi connectivity index (χ1v) is 12.1. The van der Waals surface area contributed by atoms with Crippen LogP contribution in [-0.4, -0.2) is 83.1 Å². The number of ketones is 2. The fourth-order valence-electron chi connectivity index (χ4n) is 5.03. The summed E-state index contributed by atoms with van der Waals surface area (Å²) >= 11 is 0. The van der Waals surface area contributed by atoms with Crippen molar-refractivity contribution in [2.45, 2.75) is 13.0 Å². The van der Waals surface area contributed by atoms with E-state index >= 15 is 0 Å². The van der Waals surface area contributed by atoms with Gasteiger partial charge >= 0.3 is 0 Å². The Morgan fingerprint density at radius 2 is 1.72 bits per heavy atom. The molecule has 0 aliphatic carbocycles. The van der Waals surface area contributed by atoms with Gasteiger partial charge in [0.15, 0.2) is 17.3 Å². The van der Waals surface area contributed by atoms with E-state index in [4.69, 9.17) is 18.9 Å². The van der Waals surface area contributed by atoms with Crippen LogP contribution < -0.4 is 19.1 Å². The number of aryl methyl sites for hydroxylation is 1. The topological polar surface area (TPSA) is 95.8 Å². The molecule has 2 heterocycles. The van der Waals surface area contributed by atoms with Gasteiger partial charge in [-0.25, -0.2) is 0 Å². The number of carbonyl (C=O) groups excluding carboxylic acids is 3. The van der Waals surface area contributed by atoms with Crippen molar-refractivity contribution in [3.05, 3.63) is 53.1 Å². The highest BCUT2D eigenvalue weighted by atomic mass is 16.5. The molecule has 1 amide bonds. The molecule has 2 unspecified atom stereocenters. The van der Waals surface area contributed by atoms with Crippen LogP contribution in [0.1, 0.15) is 27.5 Å². The molecule has 9 nitrogen and oxygen atoms in total. The Hall–Kier alpha value is -3.43. The Morgan fingerprint density at radius 1 is 1.00 bits per heavy atom. The van der Waals surface area contributed by atoms with Crippen LogP contribution in [0.25, 0.3) is 0 Å². The fourth-order valence-corrected chi connectivity index (χ4v) is 5.03. The van der Waals surface area contributed by atoms with Crippen LogP contribution in [0.15, 0.2) is 36.4 Å². The minimum absolute atomic E-state index is 0.351. The molecule has 0 spiro atoms. The molecule has 2 aliphatic rings. The number of carbonyl (C=O) groups is 3. The number of amides is 1. The van der Waals surface area contributed by atoms with Gasteiger partial charge in [0.25, 0.3) is 5.91 Å².